The van der Waals surface area contributed by atoms with E-state index in [4.69, 9.17) is 4.74 Å². The fourth-order valence-corrected chi connectivity index (χ4v) is 5.31. The normalized spacial score (nSPS) is 20.9. The molecule has 1 aromatic carbocycles. The monoisotopic (exact) mass is 504 g/mol. The zero-order valence-electron chi connectivity index (χ0n) is 21.4. The Morgan fingerprint density at radius 3 is 2.56 bits per heavy atom. The summed E-state index contributed by atoms with van der Waals surface area (Å²) in [4.78, 5) is 22.8. The maximum Gasteiger partial charge on any atom is 0.433 e. The van der Waals surface area contributed by atoms with Crippen LogP contribution in [0.5, 0.6) is 5.75 Å². The highest BCUT2D eigenvalue weighted by Crippen LogP contribution is 2.39. The smallest absolute Gasteiger partial charge is 0.433 e. The second-order valence-electron chi connectivity index (χ2n) is 10.1. The lowest BCUT2D eigenvalue weighted by Gasteiger charge is -2.48. The van der Waals surface area contributed by atoms with Crippen molar-refractivity contribution in [2.75, 3.05) is 46.9 Å². The van der Waals surface area contributed by atoms with E-state index in [2.05, 4.69) is 40.8 Å². The van der Waals surface area contributed by atoms with Gasteiger partial charge >= 0.3 is 6.18 Å². The number of hydrogen-bond donors (Lipinski definition) is 0. The Hall–Kier alpha value is -2.65. The molecule has 0 radical (unpaired) electrons. The van der Waals surface area contributed by atoms with Gasteiger partial charge in [-0.1, -0.05) is 6.07 Å². The Bertz CT molecular complexity index is 1070. The highest BCUT2D eigenvalue weighted by molar-refractivity contribution is 5.94. The third-order valence-corrected chi connectivity index (χ3v) is 7.47. The lowest BCUT2D eigenvalue weighted by molar-refractivity contribution is -0.141. The summed E-state index contributed by atoms with van der Waals surface area (Å²) in [5.41, 5.74) is 2.93. The average molecular weight is 505 g/mol. The summed E-state index contributed by atoms with van der Waals surface area (Å²) in [5.74, 6) is 0.662. The van der Waals surface area contributed by atoms with Crippen LogP contribution in [0.15, 0.2) is 30.5 Å². The number of fused-ring (bicyclic) bond motifs is 1. The predicted molar refractivity (Wildman–Crippen MR) is 132 cm³/mol. The number of carbonyl (C=O) groups is 1. The lowest BCUT2D eigenvalue weighted by Crippen LogP contribution is -2.57. The average Bonchev–Trinajstić information content (AvgIpc) is 2.85. The number of alkyl halides is 3. The molecule has 0 N–H and O–H groups in total. The molecule has 0 unspecified atom stereocenters. The van der Waals surface area contributed by atoms with Gasteiger partial charge in [0, 0.05) is 44.5 Å². The molecule has 0 aliphatic carbocycles. The second-order valence-corrected chi connectivity index (χ2v) is 10.1. The molecule has 36 heavy (non-hydrogen) atoms. The first-order chi connectivity index (χ1) is 17.1. The highest BCUT2D eigenvalue weighted by Gasteiger charge is 2.38. The molecular formula is C27H35F3N4O2. The molecule has 9 heteroatoms. The third kappa shape index (κ3) is 5.67. The van der Waals surface area contributed by atoms with Crippen molar-refractivity contribution in [3.63, 3.8) is 0 Å². The van der Waals surface area contributed by atoms with Crippen molar-refractivity contribution in [2.45, 2.75) is 51.4 Å². The van der Waals surface area contributed by atoms with Gasteiger partial charge in [-0.2, -0.15) is 13.2 Å². The number of amides is 1. The summed E-state index contributed by atoms with van der Waals surface area (Å²) in [6.07, 6.45) is -0.355. The molecule has 2 fully saturated rings. The third-order valence-electron chi connectivity index (χ3n) is 7.47. The van der Waals surface area contributed by atoms with Crippen molar-refractivity contribution >= 4 is 5.91 Å². The number of likely N-dealkylation sites (N-methyl/N-ethyl adjacent to an activating group) is 1. The molecule has 1 amide bonds. The summed E-state index contributed by atoms with van der Waals surface area (Å²) in [6, 6.07) is 6.87. The Morgan fingerprint density at radius 2 is 1.89 bits per heavy atom. The van der Waals surface area contributed by atoms with E-state index in [1.165, 1.54) is 17.2 Å². The molecule has 2 aliphatic heterocycles. The molecule has 2 atom stereocenters. The minimum Gasteiger partial charge on any atom is -0.492 e. The first kappa shape index (κ1) is 26.4. The second kappa shape index (κ2) is 10.8. The minimum absolute atomic E-state index is 0.195. The number of carbonyl (C=O) groups excluding carboxylic acids is 1. The molecule has 2 aliphatic rings. The van der Waals surface area contributed by atoms with Crippen LogP contribution in [0.25, 0.3) is 0 Å². The van der Waals surface area contributed by atoms with Crippen LogP contribution in [0.4, 0.5) is 13.2 Å². The van der Waals surface area contributed by atoms with Crippen molar-refractivity contribution in [1.29, 1.82) is 0 Å². The van der Waals surface area contributed by atoms with Gasteiger partial charge in [0.1, 0.15) is 18.1 Å². The Kier molecular flexibility index (Phi) is 7.90. The number of benzene rings is 1. The van der Waals surface area contributed by atoms with Gasteiger partial charge in [0.2, 0.25) is 0 Å². The standard InChI is InChI=1S/C27H35F3N4O2/c1-18-19(2)24(36-15-14-32(3)4)10-9-22(18)23-7-5-6-21-17-33(12-13-34(21)23)26(35)20-8-11-25(31-16-20)27(28,29)30/h8-11,16,21,23H,5-7,12-15,17H2,1-4H3/t21-,23+/m0/s1. The van der Waals surface area contributed by atoms with Gasteiger partial charge in [0.05, 0.1) is 5.56 Å². The van der Waals surface area contributed by atoms with E-state index in [1.807, 2.05) is 14.1 Å². The lowest BCUT2D eigenvalue weighted by atomic mass is 9.86. The van der Waals surface area contributed by atoms with Gasteiger partial charge in [-0.3, -0.25) is 14.7 Å². The summed E-state index contributed by atoms with van der Waals surface area (Å²) in [6.45, 7) is 7.60. The quantitative estimate of drug-likeness (QED) is 0.571. The maximum absolute atomic E-state index is 13.0. The van der Waals surface area contributed by atoms with Crippen molar-refractivity contribution < 1.29 is 22.7 Å². The van der Waals surface area contributed by atoms with Crippen molar-refractivity contribution in [3.8, 4) is 5.75 Å². The van der Waals surface area contributed by atoms with E-state index in [0.717, 1.165) is 55.9 Å². The molecule has 3 heterocycles. The number of aromatic nitrogens is 1. The number of rotatable bonds is 6. The van der Waals surface area contributed by atoms with Gasteiger partial charge in [0.15, 0.2) is 0 Å². The number of hydrogen-bond acceptors (Lipinski definition) is 5. The molecule has 2 saturated heterocycles. The summed E-state index contributed by atoms with van der Waals surface area (Å²) in [5, 5.41) is 0. The SMILES string of the molecule is Cc1c(OCCN(C)C)ccc([C@H]2CCC[C@H]3CN(C(=O)c4ccc(C(F)(F)F)nc4)CCN32)c1C. The van der Waals surface area contributed by atoms with Crippen molar-refractivity contribution in [3.05, 3.63) is 58.4 Å². The van der Waals surface area contributed by atoms with Crippen LogP contribution < -0.4 is 4.74 Å². The fourth-order valence-electron chi connectivity index (χ4n) is 5.31. The summed E-state index contributed by atoms with van der Waals surface area (Å²) < 4.78 is 44.5. The van der Waals surface area contributed by atoms with Crippen LogP contribution in [0.3, 0.4) is 0 Å². The molecule has 0 spiro atoms. The Morgan fingerprint density at radius 1 is 1.11 bits per heavy atom. The van der Waals surface area contributed by atoms with E-state index in [9.17, 15) is 18.0 Å². The van der Waals surface area contributed by atoms with Crippen LogP contribution in [0, 0.1) is 13.8 Å². The van der Waals surface area contributed by atoms with Crippen LogP contribution in [0.2, 0.25) is 0 Å². The first-order valence-electron chi connectivity index (χ1n) is 12.5. The van der Waals surface area contributed by atoms with Crippen LogP contribution in [-0.2, 0) is 6.18 Å². The first-order valence-corrected chi connectivity index (χ1v) is 12.5. The van der Waals surface area contributed by atoms with E-state index >= 15 is 0 Å². The van der Waals surface area contributed by atoms with Crippen LogP contribution in [-0.4, -0.2) is 78.5 Å². The number of halogens is 3. The van der Waals surface area contributed by atoms with E-state index in [0.29, 0.717) is 19.7 Å². The Labute approximate surface area is 211 Å². The van der Waals surface area contributed by atoms with E-state index < -0.39 is 11.9 Å². The van der Waals surface area contributed by atoms with Gasteiger partial charge < -0.3 is 14.5 Å². The summed E-state index contributed by atoms with van der Waals surface area (Å²) >= 11 is 0. The molecule has 1 aromatic heterocycles. The molecule has 4 rings (SSSR count). The Balaban J connectivity index is 1.44. The zero-order valence-corrected chi connectivity index (χ0v) is 21.4. The zero-order chi connectivity index (χ0) is 26.0. The maximum atomic E-state index is 13.0. The number of piperazine rings is 1. The molecule has 0 saturated carbocycles. The largest absolute Gasteiger partial charge is 0.492 e. The fraction of sp³-hybridized carbons (Fsp3) is 0.556. The van der Waals surface area contributed by atoms with Crippen molar-refractivity contribution in [1.82, 2.24) is 19.7 Å². The number of ether oxygens (including phenoxy) is 1. The molecular weight excluding hydrogens is 469 g/mol. The summed E-state index contributed by atoms with van der Waals surface area (Å²) in [7, 11) is 4.05. The van der Waals surface area contributed by atoms with Crippen LogP contribution >= 0.6 is 0 Å². The van der Waals surface area contributed by atoms with E-state index in [-0.39, 0.29) is 23.6 Å². The van der Waals surface area contributed by atoms with Gasteiger partial charge in [0.25, 0.3) is 5.91 Å². The van der Waals surface area contributed by atoms with Gasteiger partial charge in [-0.25, -0.2) is 0 Å². The molecule has 2 aromatic rings. The number of piperidine rings is 1. The number of pyridine rings is 1. The number of nitrogens with zero attached hydrogens (tertiary/aromatic N) is 4. The topological polar surface area (TPSA) is 48.9 Å². The van der Waals surface area contributed by atoms with E-state index in [1.54, 1.807) is 4.90 Å². The van der Waals surface area contributed by atoms with Crippen molar-refractivity contribution in [2.24, 2.45) is 0 Å². The van der Waals surface area contributed by atoms with Gasteiger partial charge in [-0.15, -0.1) is 0 Å². The molecule has 6 nitrogen and oxygen atoms in total. The highest BCUT2D eigenvalue weighted by atomic mass is 19.4. The molecule has 0 bridgehead atoms. The minimum atomic E-state index is -4.52. The van der Waals surface area contributed by atoms with Crippen LogP contribution in [0.1, 0.15) is 58.0 Å². The molecule has 196 valence electrons. The predicted octanol–water partition coefficient (Wildman–Crippen LogP) is 4.71. The van der Waals surface area contributed by atoms with Gasteiger partial charge in [-0.05, 0) is 82.1 Å².